The van der Waals surface area contributed by atoms with E-state index in [0.29, 0.717) is 28.7 Å². The number of aryl methyl sites for hydroxylation is 1. The molecule has 1 amide bonds. The average molecular weight is 578 g/mol. The molecule has 0 saturated heterocycles. The van der Waals surface area contributed by atoms with Crippen molar-refractivity contribution in [2.75, 3.05) is 13.7 Å². The number of nitrogens with two attached hydrogens (primary N) is 1. The van der Waals surface area contributed by atoms with Gasteiger partial charge in [-0.1, -0.05) is 55.2 Å². The normalized spacial score (nSPS) is 16.0. The highest BCUT2D eigenvalue weighted by Gasteiger charge is 2.32. The molecule has 3 N–H and O–H groups in total. The quantitative estimate of drug-likeness (QED) is 0.416. The van der Waals surface area contributed by atoms with E-state index in [4.69, 9.17) is 28.9 Å². The van der Waals surface area contributed by atoms with E-state index >= 15 is 0 Å². The van der Waals surface area contributed by atoms with E-state index < -0.39 is 11.6 Å². The molecule has 1 aliphatic rings. The van der Waals surface area contributed by atoms with E-state index in [1.54, 1.807) is 24.6 Å². The highest BCUT2D eigenvalue weighted by atomic mass is 35.5. The SMILES string of the molecule is CC1c2cccc(C(C)(C)O)c2CCN1C(=O)Cc1c(Cl)ccc2c1c(Cl)nn2C.COC(=O)C(N)C(C)C. The first kappa shape index (κ1) is 30.9. The number of hydrogen-bond acceptors (Lipinski definition) is 6. The van der Waals surface area contributed by atoms with Crippen molar-refractivity contribution in [2.24, 2.45) is 18.7 Å². The predicted molar refractivity (Wildman–Crippen MR) is 155 cm³/mol. The van der Waals surface area contributed by atoms with Crippen molar-refractivity contribution in [3.8, 4) is 0 Å². The maximum atomic E-state index is 13.3. The molecular weight excluding hydrogens is 539 g/mol. The molecule has 3 aromatic rings. The zero-order chi connectivity index (χ0) is 29.2. The van der Waals surface area contributed by atoms with Crippen molar-refractivity contribution in [1.29, 1.82) is 0 Å². The van der Waals surface area contributed by atoms with Gasteiger partial charge in [-0.05, 0) is 67.5 Å². The van der Waals surface area contributed by atoms with Gasteiger partial charge >= 0.3 is 5.97 Å². The lowest BCUT2D eigenvalue weighted by molar-refractivity contribution is -0.143. The number of aliphatic hydroxyl groups is 1. The van der Waals surface area contributed by atoms with Gasteiger partial charge in [0.1, 0.15) is 6.04 Å². The van der Waals surface area contributed by atoms with E-state index in [1.165, 1.54) is 7.11 Å². The third kappa shape index (κ3) is 6.57. The Hall–Kier alpha value is -2.65. The molecule has 0 aliphatic carbocycles. The van der Waals surface area contributed by atoms with Crippen LogP contribution in [0.1, 0.15) is 62.9 Å². The van der Waals surface area contributed by atoms with Crippen LogP contribution in [-0.4, -0.2) is 51.4 Å². The molecule has 0 saturated carbocycles. The maximum absolute atomic E-state index is 13.3. The molecule has 212 valence electrons. The zero-order valence-corrected chi connectivity index (χ0v) is 25.1. The van der Waals surface area contributed by atoms with Gasteiger partial charge in [0.15, 0.2) is 5.15 Å². The molecule has 0 bridgehead atoms. The summed E-state index contributed by atoms with van der Waals surface area (Å²) >= 11 is 12.8. The van der Waals surface area contributed by atoms with Crippen molar-refractivity contribution >= 4 is 46.0 Å². The van der Waals surface area contributed by atoms with Crippen LogP contribution in [0.2, 0.25) is 10.2 Å². The Bertz CT molecular complexity index is 1360. The molecule has 8 nitrogen and oxygen atoms in total. The van der Waals surface area contributed by atoms with E-state index in [1.807, 2.05) is 57.0 Å². The second kappa shape index (κ2) is 12.3. The van der Waals surface area contributed by atoms with Crippen LogP contribution in [0.15, 0.2) is 30.3 Å². The van der Waals surface area contributed by atoms with Gasteiger partial charge in [0.2, 0.25) is 5.91 Å². The number of halogens is 2. The van der Waals surface area contributed by atoms with Crippen molar-refractivity contribution < 1.29 is 19.4 Å². The largest absolute Gasteiger partial charge is 0.468 e. The summed E-state index contributed by atoms with van der Waals surface area (Å²) < 4.78 is 6.10. The fourth-order valence-corrected chi connectivity index (χ4v) is 5.51. The number of ether oxygens (including phenoxy) is 1. The summed E-state index contributed by atoms with van der Waals surface area (Å²) in [7, 11) is 3.15. The van der Waals surface area contributed by atoms with Crippen LogP contribution in [0, 0.1) is 5.92 Å². The molecule has 39 heavy (non-hydrogen) atoms. The van der Waals surface area contributed by atoms with Gasteiger partial charge in [-0.2, -0.15) is 5.10 Å². The second-order valence-corrected chi connectivity index (χ2v) is 11.5. The fraction of sp³-hybridized carbons (Fsp3) is 0.483. The van der Waals surface area contributed by atoms with Crippen molar-refractivity contribution in [3.05, 3.63) is 62.8 Å². The number of amides is 1. The Balaban J connectivity index is 0.000000403. The summed E-state index contributed by atoms with van der Waals surface area (Å²) in [4.78, 5) is 25.8. The van der Waals surface area contributed by atoms with Gasteiger partial charge in [0.25, 0.3) is 0 Å². The number of aromatic nitrogens is 2. The topological polar surface area (TPSA) is 111 Å². The first-order valence-electron chi connectivity index (χ1n) is 13.0. The molecule has 2 aromatic carbocycles. The molecule has 0 fully saturated rings. The Kier molecular flexibility index (Phi) is 9.70. The van der Waals surface area contributed by atoms with E-state index in [9.17, 15) is 14.7 Å². The monoisotopic (exact) mass is 576 g/mol. The van der Waals surface area contributed by atoms with Gasteiger partial charge in [0, 0.05) is 24.0 Å². The number of fused-ring (bicyclic) bond motifs is 2. The Morgan fingerprint density at radius 3 is 2.46 bits per heavy atom. The van der Waals surface area contributed by atoms with Crippen LogP contribution >= 0.6 is 23.2 Å². The van der Waals surface area contributed by atoms with Crippen LogP contribution in [0.25, 0.3) is 10.9 Å². The summed E-state index contributed by atoms with van der Waals surface area (Å²) in [6.45, 7) is 9.97. The number of esters is 1. The summed E-state index contributed by atoms with van der Waals surface area (Å²) in [6, 6.07) is 9.04. The van der Waals surface area contributed by atoms with E-state index in [0.717, 1.165) is 27.6 Å². The molecule has 2 unspecified atom stereocenters. The smallest absolute Gasteiger partial charge is 0.322 e. The van der Waals surface area contributed by atoms with Crippen molar-refractivity contribution in [3.63, 3.8) is 0 Å². The number of benzene rings is 2. The molecular formula is C29H38Cl2N4O4. The summed E-state index contributed by atoms with van der Waals surface area (Å²) in [5.74, 6) is -0.196. The number of nitrogens with zero attached hydrogens (tertiary/aromatic N) is 3. The maximum Gasteiger partial charge on any atom is 0.322 e. The minimum absolute atomic E-state index is 0.00358. The molecule has 10 heteroatoms. The summed E-state index contributed by atoms with van der Waals surface area (Å²) in [5, 5.41) is 16.4. The fourth-order valence-electron chi connectivity index (χ4n) is 4.96. The van der Waals surface area contributed by atoms with Gasteiger partial charge in [-0.15, -0.1) is 0 Å². The average Bonchev–Trinajstić information content (AvgIpc) is 3.17. The standard InChI is InChI=1S/C23H25Cl2N3O2.C6H13NO2/c1-13-14-6-5-7-17(23(2,3)30)15(14)10-11-28(13)20(29)12-16-18(24)8-9-19-21(16)22(25)26-27(19)4;1-4(2)5(7)6(8)9-3/h5-9,13,30H,10-12H2,1-4H3;4-5H,7H2,1-3H3. The predicted octanol–water partition coefficient (Wildman–Crippen LogP) is 4.94. The number of hydrogen-bond donors (Lipinski definition) is 2. The minimum atomic E-state index is -0.919. The Morgan fingerprint density at radius 2 is 1.90 bits per heavy atom. The zero-order valence-electron chi connectivity index (χ0n) is 23.6. The lowest BCUT2D eigenvalue weighted by Gasteiger charge is -2.38. The van der Waals surface area contributed by atoms with Crippen LogP contribution in [0.4, 0.5) is 0 Å². The van der Waals surface area contributed by atoms with Crippen LogP contribution in [0.3, 0.4) is 0 Å². The first-order chi connectivity index (χ1) is 18.2. The van der Waals surface area contributed by atoms with E-state index in [2.05, 4.69) is 9.84 Å². The van der Waals surface area contributed by atoms with Gasteiger partial charge in [-0.25, -0.2) is 0 Å². The van der Waals surface area contributed by atoms with Crippen molar-refractivity contribution in [1.82, 2.24) is 14.7 Å². The van der Waals surface area contributed by atoms with Crippen LogP contribution in [0.5, 0.6) is 0 Å². The molecule has 0 spiro atoms. The van der Waals surface area contributed by atoms with Crippen molar-refractivity contribution in [2.45, 2.75) is 65.1 Å². The van der Waals surface area contributed by atoms with Crippen LogP contribution in [-0.2, 0) is 39.8 Å². The van der Waals surface area contributed by atoms with Gasteiger partial charge < -0.3 is 20.5 Å². The lowest BCUT2D eigenvalue weighted by Crippen LogP contribution is -2.40. The summed E-state index contributed by atoms with van der Waals surface area (Å²) in [5.41, 5.74) is 9.17. The number of carbonyl (C=O) groups is 2. The Labute approximate surface area is 240 Å². The number of rotatable bonds is 5. The first-order valence-corrected chi connectivity index (χ1v) is 13.7. The molecule has 1 aliphatic heterocycles. The molecule has 2 atom stereocenters. The molecule has 0 radical (unpaired) electrons. The number of methoxy groups -OCH3 is 1. The second-order valence-electron chi connectivity index (χ2n) is 10.7. The van der Waals surface area contributed by atoms with E-state index in [-0.39, 0.29) is 30.3 Å². The number of carbonyl (C=O) groups excluding carboxylic acids is 2. The third-order valence-corrected chi connectivity index (χ3v) is 7.88. The highest BCUT2D eigenvalue weighted by molar-refractivity contribution is 6.37. The summed E-state index contributed by atoms with van der Waals surface area (Å²) in [6.07, 6.45) is 0.865. The molecule has 2 heterocycles. The van der Waals surface area contributed by atoms with Gasteiger partial charge in [-0.3, -0.25) is 14.3 Å². The Morgan fingerprint density at radius 1 is 1.23 bits per heavy atom. The highest BCUT2D eigenvalue weighted by Crippen LogP contribution is 2.37. The minimum Gasteiger partial charge on any atom is -0.468 e. The lowest BCUT2D eigenvalue weighted by atomic mass is 9.84. The van der Waals surface area contributed by atoms with Crippen LogP contribution < -0.4 is 5.73 Å². The molecule has 4 rings (SSSR count). The molecule has 1 aromatic heterocycles. The third-order valence-electron chi connectivity index (χ3n) is 7.26. The van der Waals surface area contributed by atoms with Gasteiger partial charge in [0.05, 0.1) is 30.7 Å².